The van der Waals surface area contributed by atoms with E-state index in [-0.39, 0.29) is 9.92 Å². The van der Waals surface area contributed by atoms with E-state index in [0.29, 0.717) is 13.2 Å². The molecule has 0 radical (unpaired) electrons. The van der Waals surface area contributed by atoms with Crippen molar-refractivity contribution in [2.75, 3.05) is 12.4 Å². The van der Waals surface area contributed by atoms with Crippen LogP contribution in [0.3, 0.4) is 0 Å². The van der Waals surface area contributed by atoms with Gasteiger partial charge in [-0.15, -0.1) is 0 Å². The first-order valence-corrected chi connectivity index (χ1v) is 7.46. The van der Waals surface area contributed by atoms with E-state index in [2.05, 4.69) is 21.2 Å². The van der Waals surface area contributed by atoms with E-state index in [4.69, 9.17) is 4.74 Å². The summed E-state index contributed by atoms with van der Waals surface area (Å²) in [6, 6.07) is 9.14. The standard InChI is InChI=1S/C13H13BrN2O3S/c1-19-8-10-11(14)3-2-4-12(10)15-7-9-5-6-13(20-9)16(17)18/h2-6,15H,7-8H2,1H3. The van der Waals surface area contributed by atoms with Crippen LogP contribution in [0.5, 0.6) is 0 Å². The Kier molecular flexibility index (Phi) is 5.11. The Labute approximate surface area is 128 Å². The van der Waals surface area contributed by atoms with Crippen molar-refractivity contribution < 1.29 is 9.66 Å². The number of hydrogen-bond donors (Lipinski definition) is 1. The first-order chi connectivity index (χ1) is 9.61. The van der Waals surface area contributed by atoms with Crippen LogP contribution in [-0.4, -0.2) is 12.0 Å². The summed E-state index contributed by atoms with van der Waals surface area (Å²) < 4.78 is 6.15. The Hall–Kier alpha value is -1.44. The van der Waals surface area contributed by atoms with Crippen molar-refractivity contribution in [2.45, 2.75) is 13.2 Å². The third kappa shape index (κ3) is 3.56. The molecule has 1 aromatic carbocycles. The SMILES string of the molecule is COCc1c(Br)cccc1NCc1ccc([N+](=O)[O-])s1. The van der Waals surface area contributed by atoms with Gasteiger partial charge in [-0.05, 0) is 18.2 Å². The minimum absolute atomic E-state index is 0.160. The highest BCUT2D eigenvalue weighted by atomic mass is 79.9. The summed E-state index contributed by atoms with van der Waals surface area (Å²) in [5.74, 6) is 0. The van der Waals surface area contributed by atoms with Crippen molar-refractivity contribution in [1.82, 2.24) is 0 Å². The number of benzene rings is 1. The molecule has 7 heteroatoms. The van der Waals surface area contributed by atoms with E-state index in [1.807, 2.05) is 18.2 Å². The number of nitro groups is 1. The molecule has 106 valence electrons. The monoisotopic (exact) mass is 356 g/mol. The molecular weight excluding hydrogens is 344 g/mol. The molecule has 5 nitrogen and oxygen atoms in total. The van der Waals surface area contributed by atoms with Crippen LogP contribution in [0.2, 0.25) is 0 Å². The molecule has 0 saturated heterocycles. The zero-order valence-corrected chi connectivity index (χ0v) is 13.2. The van der Waals surface area contributed by atoms with Crippen LogP contribution in [0.15, 0.2) is 34.8 Å². The van der Waals surface area contributed by atoms with Crippen molar-refractivity contribution >= 4 is 38.0 Å². The average Bonchev–Trinajstić information content (AvgIpc) is 2.89. The van der Waals surface area contributed by atoms with Crippen LogP contribution in [0.4, 0.5) is 10.7 Å². The number of nitrogens with one attached hydrogen (secondary N) is 1. The first kappa shape index (κ1) is 15.0. The Morgan fingerprint density at radius 1 is 1.40 bits per heavy atom. The van der Waals surface area contributed by atoms with Crippen LogP contribution >= 0.6 is 27.3 Å². The van der Waals surface area contributed by atoms with Gasteiger partial charge in [-0.3, -0.25) is 10.1 Å². The van der Waals surface area contributed by atoms with E-state index in [9.17, 15) is 10.1 Å². The smallest absolute Gasteiger partial charge is 0.324 e. The molecule has 1 heterocycles. The second-order valence-corrected chi connectivity index (χ2v) is 6.05. The molecule has 0 fully saturated rings. The minimum Gasteiger partial charge on any atom is -0.380 e. The maximum Gasteiger partial charge on any atom is 0.324 e. The number of ether oxygens (including phenoxy) is 1. The van der Waals surface area contributed by atoms with E-state index < -0.39 is 0 Å². The zero-order valence-electron chi connectivity index (χ0n) is 10.8. The molecule has 0 unspecified atom stereocenters. The summed E-state index contributed by atoms with van der Waals surface area (Å²) in [7, 11) is 1.64. The topological polar surface area (TPSA) is 64.4 Å². The van der Waals surface area contributed by atoms with Gasteiger partial charge in [-0.2, -0.15) is 0 Å². The number of methoxy groups -OCH3 is 1. The van der Waals surface area contributed by atoms with Crippen molar-refractivity contribution in [3.8, 4) is 0 Å². The number of anilines is 1. The second kappa shape index (κ2) is 6.83. The van der Waals surface area contributed by atoms with Gasteiger partial charge in [0.25, 0.3) is 0 Å². The Morgan fingerprint density at radius 3 is 2.85 bits per heavy atom. The van der Waals surface area contributed by atoms with Gasteiger partial charge in [0.15, 0.2) is 0 Å². The Bertz CT molecular complexity index is 615. The number of halogens is 1. The number of rotatable bonds is 6. The summed E-state index contributed by atoms with van der Waals surface area (Å²) in [5.41, 5.74) is 1.98. The Morgan fingerprint density at radius 2 is 2.20 bits per heavy atom. The molecule has 0 amide bonds. The third-order valence-corrected chi connectivity index (χ3v) is 4.47. The minimum atomic E-state index is -0.371. The van der Waals surface area contributed by atoms with E-state index in [1.54, 1.807) is 13.2 Å². The molecule has 0 aliphatic carbocycles. The summed E-state index contributed by atoms with van der Waals surface area (Å²) >= 11 is 4.67. The maximum absolute atomic E-state index is 10.6. The van der Waals surface area contributed by atoms with E-state index in [1.165, 1.54) is 17.4 Å². The van der Waals surface area contributed by atoms with Crippen LogP contribution < -0.4 is 5.32 Å². The van der Waals surface area contributed by atoms with Gasteiger partial charge < -0.3 is 10.1 Å². The van der Waals surface area contributed by atoms with E-state index in [0.717, 1.165) is 20.6 Å². The molecule has 1 aromatic heterocycles. The quantitative estimate of drug-likeness (QED) is 0.622. The summed E-state index contributed by atoms with van der Waals surface area (Å²) in [5, 5.41) is 14.1. The van der Waals surface area contributed by atoms with Gasteiger partial charge in [-0.25, -0.2) is 0 Å². The van der Waals surface area contributed by atoms with Gasteiger partial charge in [-0.1, -0.05) is 33.3 Å². The number of thiophene rings is 1. The molecule has 2 rings (SSSR count). The lowest BCUT2D eigenvalue weighted by Crippen LogP contribution is -2.02. The largest absolute Gasteiger partial charge is 0.380 e. The molecule has 20 heavy (non-hydrogen) atoms. The third-order valence-electron chi connectivity index (χ3n) is 2.69. The number of hydrogen-bond acceptors (Lipinski definition) is 5. The highest BCUT2D eigenvalue weighted by Gasteiger charge is 2.11. The summed E-state index contributed by atoms with van der Waals surface area (Å²) in [6.07, 6.45) is 0. The van der Waals surface area contributed by atoms with Crippen molar-refractivity contribution in [2.24, 2.45) is 0 Å². The molecule has 0 bridgehead atoms. The Balaban J connectivity index is 2.10. The molecule has 0 aliphatic rings. The molecule has 0 spiro atoms. The first-order valence-electron chi connectivity index (χ1n) is 5.85. The van der Waals surface area contributed by atoms with Crippen LogP contribution in [-0.2, 0) is 17.9 Å². The van der Waals surface area contributed by atoms with Crippen molar-refractivity contribution in [3.05, 3.63) is 55.4 Å². The average molecular weight is 357 g/mol. The fourth-order valence-corrected chi connectivity index (χ4v) is 3.00. The lowest BCUT2D eigenvalue weighted by molar-refractivity contribution is -0.380. The van der Waals surface area contributed by atoms with Gasteiger partial charge >= 0.3 is 5.00 Å². The predicted octanol–water partition coefficient (Wildman–Crippen LogP) is 4.18. The van der Waals surface area contributed by atoms with Gasteiger partial charge in [0.05, 0.1) is 11.5 Å². The molecule has 1 N–H and O–H groups in total. The molecule has 0 aliphatic heterocycles. The summed E-state index contributed by atoms with van der Waals surface area (Å²) in [4.78, 5) is 11.2. The highest BCUT2D eigenvalue weighted by Crippen LogP contribution is 2.28. The van der Waals surface area contributed by atoms with Crippen LogP contribution in [0, 0.1) is 10.1 Å². The fraction of sp³-hybridized carbons (Fsp3) is 0.231. The second-order valence-electron chi connectivity index (χ2n) is 4.05. The van der Waals surface area contributed by atoms with Crippen LogP contribution in [0.25, 0.3) is 0 Å². The zero-order chi connectivity index (χ0) is 14.5. The lowest BCUT2D eigenvalue weighted by Gasteiger charge is -2.12. The highest BCUT2D eigenvalue weighted by molar-refractivity contribution is 9.10. The molecular formula is C13H13BrN2O3S. The van der Waals surface area contributed by atoms with Gasteiger partial charge in [0, 0.05) is 40.3 Å². The summed E-state index contributed by atoms with van der Waals surface area (Å²) in [6.45, 7) is 1.04. The molecule has 0 atom stereocenters. The number of nitrogens with zero attached hydrogens (tertiary/aromatic N) is 1. The van der Waals surface area contributed by atoms with Crippen LogP contribution in [0.1, 0.15) is 10.4 Å². The van der Waals surface area contributed by atoms with Crippen molar-refractivity contribution in [1.29, 1.82) is 0 Å². The van der Waals surface area contributed by atoms with Gasteiger partial charge in [0.1, 0.15) is 0 Å². The van der Waals surface area contributed by atoms with Gasteiger partial charge in [0.2, 0.25) is 0 Å². The lowest BCUT2D eigenvalue weighted by atomic mass is 10.2. The van der Waals surface area contributed by atoms with Crippen molar-refractivity contribution in [3.63, 3.8) is 0 Å². The predicted molar refractivity (Wildman–Crippen MR) is 83.2 cm³/mol. The maximum atomic E-state index is 10.6. The fourth-order valence-electron chi connectivity index (χ4n) is 1.76. The molecule has 2 aromatic rings. The normalized spacial score (nSPS) is 10.5. The molecule has 0 saturated carbocycles. The van der Waals surface area contributed by atoms with E-state index >= 15 is 0 Å².